The Labute approximate surface area is 433 Å². The highest BCUT2D eigenvalue weighted by atomic mass is 15.3. The van der Waals surface area contributed by atoms with Crippen molar-refractivity contribution >= 4 is 56.9 Å². The van der Waals surface area contributed by atoms with Crippen LogP contribution in [0.25, 0.3) is 0 Å². The second-order valence-electron chi connectivity index (χ2n) is 19.5. The van der Waals surface area contributed by atoms with Crippen LogP contribution in [-0.2, 0) is 10.8 Å². The van der Waals surface area contributed by atoms with Gasteiger partial charge >= 0.3 is 0 Å². The van der Waals surface area contributed by atoms with Crippen LogP contribution in [0.1, 0.15) is 44.5 Å². The summed E-state index contributed by atoms with van der Waals surface area (Å²) in [5.41, 5.74) is 20.3. The van der Waals surface area contributed by atoms with Gasteiger partial charge in [-0.3, -0.25) is 0 Å². The molecule has 4 nitrogen and oxygen atoms in total. The molecule has 352 valence electrons. The predicted molar refractivity (Wildman–Crippen MR) is 306 cm³/mol. The van der Waals surface area contributed by atoms with Crippen molar-refractivity contribution in [3.05, 3.63) is 336 Å². The van der Waals surface area contributed by atoms with Gasteiger partial charge in [-0.25, -0.2) is 0 Å². The average molecular weight is 949 g/mol. The Morgan fingerprint density at radius 2 is 0.486 bits per heavy atom. The van der Waals surface area contributed by atoms with Crippen LogP contribution in [0.5, 0.6) is 0 Å². The van der Waals surface area contributed by atoms with Crippen LogP contribution in [0.4, 0.5) is 56.9 Å². The van der Waals surface area contributed by atoms with Gasteiger partial charge in [0, 0.05) is 35.8 Å². The van der Waals surface area contributed by atoms with E-state index in [0.29, 0.717) is 0 Å². The molecule has 11 aromatic carbocycles. The number of hydrogen-bond donors (Lipinski definition) is 0. The normalized spacial score (nSPS) is 14.8. The fraction of sp³-hybridized carbons (Fsp3) is 0.0571. The van der Waals surface area contributed by atoms with Crippen molar-refractivity contribution in [1.29, 1.82) is 0 Å². The fourth-order valence-electron chi connectivity index (χ4n) is 12.8. The van der Waals surface area contributed by atoms with E-state index in [1.165, 1.54) is 78.6 Å². The summed E-state index contributed by atoms with van der Waals surface area (Å²) in [6.45, 7) is 1.55. The molecule has 74 heavy (non-hydrogen) atoms. The van der Waals surface area contributed by atoms with Crippen molar-refractivity contribution in [1.82, 2.24) is 0 Å². The minimum atomic E-state index is -0.615. The summed E-state index contributed by atoms with van der Waals surface area (Å²) in [6, 6.07) is 108. The lowest BCUT2D eigenvalue weighted by Gasteiger charge is -2.47. The maximum atomic E-state index is 2.55. The molecule has 0 fully saturated rings. The molecule has 3 aliphatic rings. The van der Waals surface area contributed by atoms with Gasteiger partial charge in [-0.05, 0) is 129 Å². The molecule has 0 saturated carbocycles. The Hall–Kier alpha value is -9.38. The first-order valence-corrected chi connectivity index (χ1v) is 25.8. The van der Waals surface area contributed by atoms with E-state index in [-0.39, 0.29) is 0 Å². The minimum absolute atomic E-state index is 0.615. The van der Waals surface area contributed by atoms with Crippen LogP contribution >= 0.6 is 0 Å². The van der Waals surface area contributed by atoms with Gasteiger partial charge in [0.1, 0.15) is 0 Å². The Morgan fingerprint density at radius 1 is 0.216 bits per heavy atom. The summed E-state index contributed by atoms with van der Waals surface area (Å²) in [4.78, 5) is 10.0. The maximum absolute atomic E-state index is 2.55. The van der Waals surface area contributed by atoms with E-state index in [4.69, 9.17) is 0 Å². The third kappa shape index (κ3) is 6.54. The number of para-hydroxylation sites is 6. The zero-order chi connectivity index (χ0) is 49.1. The average Bonchev–Trinajstić information content (AvgIpc) is 3.50. The SMILES string of the molecule is c1ccc(N2c3ccccc3C(c3ccccc3)(c3ccccc3)c3cc(N4CCN(c5ccc6c(c5)C(c5ccccc5)(c5ccccc5)c5ccccc5N6c5ccccc5)c5ccccc54)ccc32)cc1. The molecule has 3 heterocycles. The number of benzene rings is 11. The quantitative estimate of drug-likeness (QED) is 0.150. The summed E-state index contributed by atoms with van der Waals surface area (Å²) in [7, 11) is 0. The zero-order valence-corrected chi connectivity index (χ0v) is 40.9. The largest absolute Gasteiger partial charge is 0.338 e. The lowest BCUT2D eigenvalue weighted by molar-refractivity contribution is 0.729. The smallest absolute Gasteiger partial charge is 0.0743 e. The van der Waals surface area contributed by atoms with Gasteiger partial charge in [-0.1, -0.05) is 206 Å². The first kappa shape index (κ1) is 43.4. The van der Waals surface area contributed by atoms with Crippen molar-refractivity contribution in [2.75, 3.05) is 32.7 Å². The molecular weight excluding hydrogens is 897 g/mol. The molecule has 0 aromatic heterocycles. The van der Waals surface area contributed by atoms with E-state index in [2.05, 4.69) is 311 Å². The molecule has 3 aliphatic heterocycles. The third-order valence-corrected chi connectivity index (χ3v) is 15.8. The minimum Gasteiger partial charge on any atom is -0.338 e. The predicted octanol–water partition coefficient (Wildman–Crippen LogP) is 17.3. The fourth-order valence-corrected chi connectivity index (χ4v) is 12.8. The standard InChI is InChI=1S/C70H52N4/c1-7-25-51(26-8-1)69(52-27-9-2-10-28-52)59-37-19-21-39-63(59)73(55-33-15-5-16-34-55)65-45-43-57(49-61(65)69)71-47-48-72(68-42-24-23-41-67(68)71)58-44-46-66-62(50-58)70(53-29-11-3-12-30-53,54-31-13-4-14-32-54)60-38-20-22-40-64(60)74(66)56-35-17-6-18-36-56/h1-46,49-50H,47-48H2. The van der Waals surface area contributed by atoms with Crippen LogP contribution in [0, 0.1) is 0 Å². The van der Waals surface area contributed by atoms with Gasteiger partial charge in [0.15, 0.2) is 0 Å². The molecule has 0 amide bonds. The Bertz CT molecular complexity index is 3480. The van der Waals surface area contributed by atoms with Gasteiger partial charge in [-0.2, -0.15) is 0 Å². The maximum Gasteiger partial charge on any atom is 0.0743 e. The third-order valence-electron chi connectivity index (χ3n) is 15.8. The van der Waals surface area contributed by atoms with Crippen LogP contribution in [0.15, 0.2) is 291 Å². The van der Waals surface area contributed by atoms with Crippen molar-refractivity contribution in [2.24, 2.45) is 0 Å². The number of nitrogens with zero attached hydrogens (tertiary/aromatic N) is 4. The molecule has 0 aliphatic carbocycles. The number of anilines is 10. The topological polar surface area (TPSA) is 13.0 Å². The van der Waals surface area contributed by atoms with E-state index < -0.39 is 10.8 Å². The van der Waals surface area contributed by atoms with E-state index in [9.17, 15) is 0 Å². The summed E-state index contributed by atoms with van der Waals surface area (Å²) in [5, 5.41) is 0. The van der Waals surface area contributed by atoms with Gasteiger partial charge in [0.05, 0.1) is 45.0 Å². The molecule has 0 saturated heterocycles. The number of fused-ring (bicyclic) bond motifs is 5. The Kier molecular flexibility index (Phi) is 10.4. The Balaban J connectivity index is 0.956. The number of hydrogen-bond acceptors (Lipinski definition) is 4. The molecule has 0 N–H and O–H groups in total. The van der Waals surface area contributed by atoms with Gasteiger partial charge in [0.2, 0.25) is 0 Å². The molecule has 4 heteroatoms. The molecule has 0 unspecified atom stereocenters. The number of rotatable bonds is 8. The van der Waals surface area contributed by atoms with E-state index in [1.54, 1.807) is 0 Å². The molecule has 14 rings (SSSR count). The van der Waals surface area contributed by atoms with Crippen LogP contribution in [0.2, 0.25) is 0 Å². The first-order chi connectivity index (χ1) is 36.7. The summed E-state index contributed by atoms with van der Waals surface area (Å²) in [6.07, 6.45) is 0. The van der Waals surface area contributed by atoms with E-state index in [1.807, 2.05) is 0 Å². The van der Waals surface area contributed by atoms with Crippen molar-refractivity contribution in [2.45, 2.75) is 10.8 Å². The van der Waals surface area contributed by atoms with Crippen LogP contribution in [0.3, 0.4) is 0 Å². The first-order valence-electron chi connectivity index (χ1n) is 25.8. The van der Waals surface area contributed by atoms with Crippen LogP contribution < -0.4 is 19.6 Å². The molecule has 11 aromatic rings. The lowest BCUT2D eigenvalue weighted by atomic mass is 9.62. The van der Waals surface area contributed by atoms with Gasteiger partial charge in [0.25, 0.3) is 0 Å². The molecule has 0 radical (unpaired) electrons. The second kappa shape index (κ2) is 17.7. The van der Waals surface area contributed by atoms with Gasteiger partial charge < -0.3 is 19.6 Å². The molecule has 0 atom stereocenters. The molecule has 0 bridgehead atoms. The lowest BCUT2D eigenvalue weighted by Crippen LogP contribution is -2.39. The van der Waals surface area contributed by atoms with Crippen molar-refractivity contribution < 1.29 is 0 Å². The van der Waals surface area contributed by atoms with E-state index in [0.717, 1.165) is 35.8 Å². The Morgan fingerprint density at radius 3 is 0.824 bits per heavy atom. The highest BCUT2D eigenvalue weighted by molar-refractivity contribution is 5.94. The summed E-state index contributed by atoms with van der Waals surface area (Å²) in [5.74, 6) is 0. The zero-order valence-electron chi connectivity index (χ0n) is 40.9. The van der Waals surface area contributed by atoms with Crippen molar-refractivity contribution in [3.8, 4) is 0 Å². The highest BCUT2D eigenvalue weighted by Crippen LogP contribution is 2.61. The van der Waals surface area contributed by atoms with Crippen molar-refractivity contribution in [3.63, 3.8) is 0 Å². The monoisotopic (exact) mass is 948 g/mol. The van der Waals surface area contributed by atoms with E-state index >= 15 is 0 Å². The summed E-state index contributed by atoms with van der Waals surface area (Å²) < 4.78 is 0. The van der Waals surface area contributed by atoms with Crippen LogP contribution in [-0.4, -0.2) is 13.1 Å². The molecule has 0 spiro atoms. The second-order valence-corrected chi connectivity index (χ2v) is 19.5. The molecular formula is C70H52N4. The highest BCUT2D eigenvalue weighted by Gasteiger charge is 2.49. The summed E-state index contributed by atoms with van der Waals surface area (Å²) >= 11 is 0. The van der Waals surface area contributed by atoms with Gasteiger partial charge in [-0.15, -0.1) is 0 Å².